The van der Waals surface area contributed by atoms with Gasteiger partial charge in [0.15, 0.2) is 5.78 Å². The summed E-state index contributed by atoms with van der Waals surface area (Å²) in [4.78, 5) is 63.5. The lowest BCUT2D eigenvalue weighted by Gasteiger charge is -2.30. The van der Waals surface area contributed by atoms with Crippen molar-refractivity contribution >= 4 is 41.0 Å². The smallest absolute Gasteiger partial charge is 0.245 e. The van der Waals surface area contributed by atoms with E-state index in [1.807, 2.05) is 13.8 Å². The zero-order chi connectivity index (χ0) is 24.6. The average molecular weight is 474 g/mol. The minimum Gasteiger partial charge on any atom is -0.344 e. The number of hydrogen-bond acceptors (Lipinski definition) is 6. The number of amides is 4. The molecule has 1 aliphatic heterocycles. The van der Waals surface area contributed by atoms with Crippen LogP contribution < -0.4 is 21.7 Å². The van der Waals surface area contributed by atoms with Crippen LogP contribution in [-0.4, -0.2) is 76.9 Å². The lowest BCUT2D eigenvalue weighted by molar-refractivity contribution is -0.142. The molecule has 0 radical (unpaired) electrons. The summed E-state index contributed by atoms with van der Waals surface area (Å²) in [5.74, 6) is -2.41. The van der Waals surface area contributed by atoms with E-state index in [-0.39, 0.29) is 17.6 Å². The van der Waals surface area contributed by atoms with E-state index >= 15 is 0 Å². The van der Waals surface area contributed by atoms with Crippen LogP contribution >= 0.6 is 11.6 Å². The van der Waals surface area contributed by atoms with E-state index in [0.717, 1.165) is 0 Å². The van der Waals surface area contributed by atoms with Gasteiger partial charge < -0.3 is 26.6 Å². The Morgan fingerprint density at radius 2 is 1.59 bits per heavy atom. The maximum Gasteiger partial charge on any atom is 0.245 e. The van der Waals surface area contributed by atoms with Crippen molar-refractivity contribution < 1.29 is 24.0 Å². The predicted molar refractivity (Wildman–Crippen MR) is 121 cm³/mol. The number of carbonyl (C=O) groups excluding carboxylic acids is 5. The summed E-state index contributed by atoms with van der Waals surface area (Å²) in [6.45, 7) is 8.64. The first kappa shape index (κ1) is 27.8. The molecule has 1 heterocycles. The summed E-state index contributed by atoms with van der Waals surface area (Å²) in [6, 6.07) is -3.99. The summed E-state index contributed by atoms with van der Waals surface area (Å²) >= 11 is 5.70. The van der Waals surface area contributed by atoms with Gasteiger partial charge in [0.25, 0.3) is 0 Å². The molecular formula is C21H36ClN5O5. The second kappa shape index (κ2) is 12.7. The van der Waals surface area contributed by atoms with Crippen molar-refractivity contribution in [1.82, 2.24) is 20.9 Å². The number of hydrogen-bond donors (Lipinski definition) is 4. The maximum atomic E-state index is 13.0. The molecule has 0 saturated carbocycles. The van der Waals surface area contributed by atoms with Gasteiger partial charge in [-0.25, -0.2) is 0 Å². The van der Waals surface area contributed by atoms with Gasteiger partial charge in [0, 0.05) is 6.54 Å². The van der Waals surface area contributed by atoms with Gasteiger partial charge in [-0.1, -0.05) is 20.3 Å². The molecule has 1 aliphatic rings. The van der Waals surface area contributed by atoms with Crippen LogP contribution in [0.5, 0.6) is 0 Å². The van der Waals surface area contributed by atoms with E-state index in [9.17, 15) is 24.0 Å². The molecule has 0 bridgehead atoms. The summed E-state index contributed by atoms with van der Waals surface area (Å²) in [7, 11) is 0. The Bertz CT molecular complexity index is 717. The second-order valence-electron chi connectivity index (χ2n) is 8.41. The Labute approximate surface area is 194 Å². The first-order chi connectivity index (χ1) is 14.9. The first-order valence-electron chi connectivity index (χ1n) is 11.0. The zero-order valence-electron chi connectivity index (χ0n) is 19.4. The summed E-state index contributed by atoms with van der Waals surface area (Å²) in [6.07, 6.45) is 1.77. The fraction of sp³-hybridized carbons (Fsp3) is 0.762. The number of ketones is 1. The van der Waals surface area contributed by atoms with E-state index in [2.05, 4.69) is 16.0 Å². The van der Waals surface area contributed by atoms with Gasteiger partial charge in [0.1, 0.15) is 18.1 Å². The van der Waals surface area contributed by atoms with Crippen molar-refractivity contribution in [2.45, 2.75) is 84.1 Å². The standard InChI is InChI=1S/C21H36ClN5O5/c1-6-11(2)17(16(28)10-22)26-20(31)15-8-7-9-27(15)21(32)14(5)25-19(30)13(4)24-18(29)12(3)23/h11-15,17H,6-10,23H2,1-5H3,(H,24,29)(H,25,30)(H,26,31)/t11-,12-,13-,14-,15-,17-/m0/s1. The molecule has 0 aromatic heterocycles. The lowest BCUT2D eigenvalue weighted by atomic mass is 9.95. The lowest BCUT2D eigenvalue weighted by Crippen LogP contribution is -2.57. The molecule has 1 fully saturated rings. The largest absolute Gasteiger partial charge is 0.344 e. The molecule has 4 amide bonds. The number of likely N-dealkylation sites (tertiary alicyclic amines) is 1. The Morgan fingerprint density at radius 3 is 2.12 bits per heavy atom. The quantitative estimate of drug-likeness (QED) is 0.302. The van der Waals surface area contributed by atoms with E-state index in [1.54, 1.807) is 0 Å². The van der Waals surface area contributed by atoms with Gasteiger partial charge in [-0.05, 0) is 39.5 Å². The highest BCUT2D eigenvalue weighted by atomic mass is 35.5. The third-order valence-corrected chi connectivity index (χ3v) is 5.99. The third-order valence-electron chi connectivity index (χ3n) is 5.72. The van der Waals surface area contributed by atoms with Gasteiger partial charge in [-0.15, -0.1) is 11.6 Å². The Balaban J connectivity index is 2.79. The molecule has 0 aromatic carbocycles. The predicted octanol–water partition coefficient (Wildman–Crippen LogP) is -0.327. The van der Waals surface area contributed by atoms with Gasteiger partial charge in [0.05, 0.1) is 18.0 Å². The number of nitrogens with zero attached hydrogens (tertiary/aromatic N) is 1. The van der Waals surface area contributed by atoms with Crippen molar-refractivity contribution in [3.05, 3.63) is 0 Å². The molecule has 32 heavy (non-hydrogen) atoms. The molecule has 10 nitrogen and oxygen atoms in total. The monoisotopic (exact) mass is 473 g/mol. The minimum absolute atomic E-state index is 0.0955. The van der Waals surface area contributed by atoms with Gasteiger partial charge in [-0.3, -0.25) is 24.0 Å². The van der Waals surface area contributed by atoms with Crippen LogP contribution in [0.25, 0.3) is 0 Å². The fourth-order valence-corrected chi connectivity index (χ4v) is 3.64. The van der Waals surface area contributed by atoms with Crippen LogP contribution in [0.2, 0.25) is 0 Å². The molecular weight excluding hydrogens is 438 g/mol. The Kier molecular flexibility index (Phi) is 11.1. The Morgan fingerprint density at radius 1 is 1.00 bits per heavy atom. The van der Waals surface area contributed by atoms with Crippen LogP contribution in [-0.2, 0) is 24.0 Å². The van der Waals surface area contributed by atoms with Crippen molar-refractivity contribution in [2.75, 3.05) is 12.4 Å². The third kappa shape index (κ3) is 7.44. The molecule has 1 rings (SSSR count). The maximum absolute atomic E-state index is 13.0. The van der Waals surface area contributed by atoms with Gasteiger partial charge in [-0.2, -0.15) is 0 Å². The molecule has 0 unspecified atom stereocenters. The molecule has 1 saturated heterocycles. The van der Waals surface area contributed by atoms with Crippen molar-refractivity contribution in [3.8, 4) is 0 Å². The molecule has 0 aromatic rings. The van der Waals surface area contributed by atoms with Crippen molar-refractivity contribution in [3.63, 3.8) is 0 Å². The van der Waals surface area contributed by atoms with Crippen LogP contribution in [0.15, 0.2) is 0 Å². The van der Waals surface area contributed by atoms with Crippen LogP contribution in [0, 0.1) is 5.92 Å². The normalized spacial score (nSPS) is 20.5. The summed E-state index contributed by atoms with van der Waals surface area (Å²) in [5.41, 5.74) is 5.48. The number of nitrogens with one attached hydrogen (secondary N) is 3. The molecule has 11 heteroatoms. The van der Waals surface area contributed by atoms with Crippen molar-refractivity contribution in [1.29, 1.82) is 0 Å². The molecule has 0 spiro atoms. The first-order valence-corrected chi connectivity index (χ1v) is 11.5. The highest BCUT2D eigenvalue weighted by molar-refractivity contribution is 6.28. The van der Waals surface area contributed by atoms with E-state index in [1.165, 1.54) is 25.7 Å². The van der Waals surface area contributed by atoms with Gasteiger partial charge in [0.2, 0.25) is 23.6 Å². The Hall–Kier alpha value is -2.20. The number of Topliss-reactive ketones (excluding diaryl/α,β-unsaturated/α-hetero) is 1. The van der Waals surface area contributed by atoms with Crippen molar-refractivity contribution in [2.24, 2.45) is 11.7 Å². The SMILES string of the molecule is CC[C@H](C)[C@H](NC(=O)[C@@H]1CCCN1C(=O)[C@H](C)NC(=O)[C@H](C)NC(=O)[C@H](C)N)C(=O)CCl. The highest BCUT2D eigenvalue weighted by Gasteiger charge is 2.38. The molecule has 5 N–H and O–H groups in total. The summed E-state index contributed by atoms with van der Waals surface area (Å²) in [5, 5.41) is 7.79. The van der Waals surface area contributed by atoms with Crippen LogP contribution in [0.4, 0.5) is 0 Å². The number of halogens is 1. The molecule has 182 valence electrons. The summed E-state index contributed by atoms with van der Waals surface area (Å²) < 4.78 is 0. The van der Waals surface area contributed by atoms with E-state index < -0.39 is 53.8 Å². The second-order valence-corrected chi connectivity index (χ2v) is 8.68. The van der Waals surface area contributed by atoms with Gasteiger partial charge >= 0.3 is 0 Å². The molecule has 6 atom stereocenters. The molecule has 0 aliphatic carbocycles. The number of carbonyl (C=O) groups is 5. The van der Waals surface area contributed by atoms with Crippen LogP contribution in [0.1, 0.15) is 53.9 Å². The zero-order valence-corrected chi connectivity index (χ0v) is 20.2. The minimum atomic E-state index is -0.902. The van der Waals surface area contributed by atoms with E-state index in [0.29, 0.717) is 25.8 Å². The fourth-order valence-electron chi connectivity index (χ4n) is 3.47. The van der Waals surface area contributed by atoms with E-state index in [4.69, 9.17) is 17.3 Å². The number of nitrogens with two attached hydrogens (primary N) is 1. The average Bonchev–Trinajstić information content (AvgIpc) is 3.25. The number of alkyl halides is 1. The topological polar surface area (TPSA) is 151 Å². The van der Waals surface area contributed by atoms with Crippen LogP contribution in [0.3, 0.4) is 0 Å². The number of rotatable bonds is 11. The highest BCUT2D eigenvalue weighted by Crippen LogP contribution is 2.20.